The van der Waals surface area contributed by atoms with Crippen molar-refractivity contribution in [2.24, 2.45) is 0 Å². The molecule has 0 saturated carbocycles. The molecule has 1 saturated heterocycles. The van der Waals surface area contributed by atoms with E-state index in [0.717, 1.165) is 19.4 Å². The number of nitro benzene ring substituents is 1. The molecule has 1 unspecified atom stereocenters. The Morgan fingerprint density at radius 2 is 2.19 bits per heavy atom. The number of non-ortho nitro benzene ring substituents is 1. The highest BCUT2D eigenvalue weighted by Gasteiger charge is 2.27. The normalized spacial score (nSPS) is 19.1. The second-order valence-corrected chi connectivity index (χ2v) is 7.30. The molecule has 0 aliphatic carbocycles. The SMILES string of the molecule is Cc1cc([N+](=O)[O-])ccc1S(=O)(=O)N(C)CC1CCCN1. The maximum Gasteiger partial charge on any atom is 0.269 e. The maximum atomic E-state index is 12.6. The van der Waals surface area contributed by atoms with Crippen LogP contribution in [0, 0.1) is 17.0 Å². The van der Waals surface area contributed by atoms with Gasteiger partial charge in [-0.1, -0.05) is 0 Å². The van der Waals surface area contributed by atoms with Crippen molar-refractivity contribution in [2.45, 2.75) is 30.7 Å². The van der Waals surface area contributed by atoms with Crippen molar-refractivity contribution in [1.29, 1.82) is 0 Å². The maximum absolute atomic E-state index is 12.6. The van der Waals surface area contributed by atoms with Crippen LogP contribution in [0.2, 0.25) is 0 Å². The van der Waals surface area contributed by atoms with Crippen LogP contribution in [0.3, 0.4) is 0 Å². The van der Waals surface area contributed by atoms with Gasteiger partial charge in [0.1, 0.15) is 0 Å². The lowest BCUT2D eigenvalue weighted by molar-refractivity contribution is -0.385. The first kappa shape index (κ1) is 15.9. The van der Waals surface area contributed by atoms with Crippen LogP contribution < -0.4 is 5.32 Å². The molecule has 1 N–H and O–H groups in total. The van der Waals surface area contributed by atoms with Crippen LogP contribution in [0.1, 0.15) is 18.4 Å². The van der Waals surface area contributed by atoms with Crippen LogP contribution in [0.15, 0.2) is 23.1 Å². The van der Waals surface area contributed by atoms with Crippen LogP contribution in [0.25, 0.3) is 0 Å². The molecule has 0 spiro atoms. The summed E-state index contributed by atoms with van der Waals surface area (Å²) >= 11 is 0. The van der Waals surface area contributed by atoms with Gasteiger partial charge < -0.3 is 5.32 Å². The predicted octanol–water partition coefficient (Wildman–Crippen LogP) is 1.28. The van der Waals surface area contributed by atoms with Gasteiger partial charge in [-0.05, 0) is 37.9 Å². The Morgan fingerprint density at radius 1 is 1.48 bits per heavy atom. The van der Waals surface area contributed by atoms with Crippen LogP contribution in [-0.4, -0.2) is 43.8 Å². The van der Waals surface area contributed by atoms with E-state index in [1.54, 1.807) is 6.92 Å². The van der Waals surface area contributed by atoms with E-state index in [2.05, 4.69) is 5.32 Å². The van der Waals surface area contributed by atoms with E-state index in [1.165, 1.54) is 29.6 Å². The van der Waals surface area contributed by atoms with E-state index in [4.69, 9.17) is 0 Å². The lowest BCUT2D eigenvalue weighted by Gasteiger charge is -2.21. The molecule has 1 atom stereocenters. The standard InChI is InChI=1S/C13H19N3O4S/c1-10-8-12(16(17)18)5-6-13(10)21(19,20)15(2)9-11-4-3-7-14-11/h5-6,8,11,14H,3-4,7,9H2,1-2H3. The fourth-order valence-corrected chi connectivity index (χ4v) is 3.94. The lowest BCUT2D eigenvalue weighted by atomic mass is 10.2. The average molecular weight is 313 g/mol. The molecule has 8 heteroatoms. The summed E-state index contributed by atoms with van der Waals surface area (Å²) in [4.78, 5) is 10.3. The van der Waals surface area contributed by atoms with Crippen molar-refractivity contribution in [2.75, 3.05) is 20.1 Å². The van der Waals surface area contributed by atoms with Crippen molar-refractivity contribution in [3.63, 3.8) is 0 Å². The van der Waals surface area contributed by atoms with Crippen LogP contribution in [-0.2, 0) is 10.0 Å². The summed E-state index contributed by atoms with van der Waals surface area (Å²) in [5.41, 5.74) is 0.280. The molecule has 1 heterocycles. The zero-order chi connectivity index (χ0) is 15.6. The first-order valence-electron chi connectivity index (χ1n) is 6.77. The van der Waals surface area contributed by atoms with E-state index in [-0.39, 0.29) is 16.6 Å². The van der Waals surface area contributed by atoms with Gasteiger partial charge in [0, 0.05) is 31.8 Å². The minimum atomic E-state index is -3.63. The van der Waals surface area contributed by atoms with Gasteiger partial charge in [-0.25, -0.2) is 8.42 Å². The van der Waals surface area contributed by atoms with E-state index >= 15 is 0 Å². The first-order chi connectivity index (χ1) is 9.82. The van der Waals surface area contributed by atoms with Crippen molar-refractivity contribution >= 4 is 15.7 Å². The number of nitrogens with zero attached hydrogens (tertiary/aromatic N) is 2. The molecule has 21 heavy (non-hydrogen) atoms. The summed E-state index contributed by atoms with van der Waals surface area (Å²) in [6, 6.07) is 3.99. The first-order valence-corrected chi connectivity index (χ1v) is 8.21. The van der Waals surface area contributed by atoms with Gasteiger partial charge in [0.2, 0.25) is 10.0 Å². The van der Waals surface area contributed by atoms with Gasteiger partial charge in [-0.2, -0.15) is 4.31 Å². The Hall–Kier alpha value is -1.51. The fraction of sp³-hybridized carbons (Fsp3) is 0.538. The van der Waals surface area contributed by atoms with E-state index in [0.29, 0.717) is 12.1 Å². The molecule has 0 amide bonds. The third-order valence-electron chi connectivity index (χ3n) is 3.70. The van der Waals surface area contributed by atoms with Gasteiger partial charge in [-0.15, -0.1) is 0 Å². The van der Waals surface area contributed by atoms with Crippen LogP contribution in [0.4, 0.5) is 5.69 Å². The molecule has 0 bridgehead atoms. The summed E-state index contributed by atoms with van der Waals surface area (Å²) in [6.07, 6.45) is 2.01. The molecule has 7 nitrogen and oxygen atoms in total. The highest BCUT2D eigenvalue weighted by molar-refractivity contribution is 7.89. The molecule has 0 radical (unpaired) electrons. The Balaban J connectivity index is 2.23. The zero-order valence-electron chi connectivity index (χ0n) is 12.1. The minimum Gasteiger partial charge on any atom is -0.313 e. The smallest absolute Gasteiger partial charge is 0.269 e. The molecule has 1 aliphatic heterocycles. The van der Waals surface area contributed by atoms with E-state index < -0.39 is 14.9 Å². The summed E-state index contributed by atoms with van der Waals surface area (Å²) in [5, 5.41) is 14.0. The average Bonchev–Trinajstić information content (AvgIpc) is 2.90. The number of hydrogen-bond donors (Lipinski definition) is 1. The predicted molar refractivity (Wildman–Crippen MR) is 78.7 cm³/mol. The largest absolute Gasteiger partial charge is 0.313 e. The van der Waals surface area contributed by atoms with Crippen LogP contribution >= 0.6 is 0 Å². The molecule has 1 aromatic rings. The molecule has 2 rings (SSSR count). The Morgan fingerprint density at radius 3 is 2.71 bits per heavy atom. The second-order valence-electron chi connectivity index (χ2n) is 5.29. The van der Waals surface area contributed by atoms with Crippen molar-refractivity contribution in [3.05, 3.63) is 33.9 Å². The number of rotatable bonds is 5. The lowest BCUT2D eigenvalue weighted by Crippen LogP contribution is -2.38. The number of hydrogen-bond acceptors (Lipinski definition) is 5. The number of aryl methyl sites for hydroxylation is 1. The van der Waals surface area contributed by atoms with E-state index in [1.807, 2.05) is 0 Å². The molecule has 116 valence electrons. The Labute approximate surface area is 124 Å². The molecule has 1 fully saturated rings. The topological polar surface area (TPSA) is 92.5 Å². The minimum absolute atomic E-state index is 0.105. The molecule has 1 aliphatic rings. The van der Waals surface area contributed by atoms with Crippen molar-refractivity contribution in [3.8, 4) is 0 Å². The summed E-state index contributed by atoms with van der Waals surface area (Å²) in [7, 11) is -2.09. The Bertz CT molecular complexity index is 639. The quantitative estimate of drug-likeness (QED) is 0.653. The number of sulfonamides is 1. The molecule has 1 aromatic carbocycles. The molecular weight excluding hydrogens is 294 g/mol. The number of nitro groups is 1. The third-order valence-corrected chi connectivity index (χ3v) is 5.68. The third kappa shape index (κ3) is 3.39. The summed E-state index contributed by atoms with van der Waals surface area (Å²) in [6.45, 7) is 2.88. The highest BCUT2D eigenvalue weighted by atomic mass is 32.2. The van der Waals surface area contributed by atoms with E-state index in [9.17, 15) is 18.5 Å². The second kappa shape index (κ2) is 6.08. The van der Waals surface area contributed by atoms with Crippen molar-refractivity contribution in [1.82, 2.24) is 9.62 Å². The summed E-state index contributed by atoms with van der Waals surface area (Å²) < 4.78 is 26.4. The molecular formula is C13H19N3O4S. The number of benzene rings is 1. The monoisotopic (exact) mass is 313 g/mol. The highest BCUT2D eigenvalue weighted by Crippen LogP contribution is 2.24. The Kier molecular flexibility index (Phi) is 4.60. The molecule has 0 aromatic heterocycles. The number of nitrogens with one attached hydrogen (secondary N) is 1. The van der Waals surface area contributed by atoms with Gasteiger partial charge >= 0.3 is 0 Å². The van der Waals surface area contributed by atoms with Gasteiger partial charge in [-0.3, -0.25) is 10.1 Å². The van der Waals surface area contributed by atoms with Gasteiger partial charge in [0.25, 0.3) is 5.69 Å². The number of likely N-dealkylation sites (N-methyl/N-ethyl adjacent to an activating group) is 1. The van der Waals surface area contributed by atoms with Crippen molar-refractivity contribution < 1.29 is 13.3 Å². The fourth-order valence-electron chi connectivity index (χ4n) is 2.53. The zero-order valence-corrected chi connectivity index (χ0v) is 12.9. The summed E-state index contributed by atoms with van der Waals surface area (Å²) in [5.74, 6) is 0. The van der Waals surface area contributed by atoms with Gasteiger partial charge in [0.15, 0.2) is 0 Å². The van der Waals surface area contributed by atoms with Crippen LogP contribution in [0.5, 0.6) is 0 Å². The van der Waals surface area contributed by atoms with Gasteiger partial charge in [0.05, 0.1) is 9.82 Å².